The minimum absolute atomic E-state index is 0.0554. The predicted octanol–water partition coefficient (Wildman–Crippen LogP) is 5.77. The maximum atomic E-state index is 12.8. The molecular weight excluding hydrogens is 535 g/mol. The van der Waals surface area contributed by atoms with Gasteiger partial charge in [-0.3, -0.25) is 14.4 Å². The minimum atomic E-state index is -0.923. The van der Waals surface area contributed by atoms with Crippen LogP contribution in [-0.4, -0.2) is 54.0 Å². The van der Waals surface area contributed by atoms with Gasteiger partial charge in [0, 0.05) is 42.9 Å². The van der Waals surface area contributed by atoms with E-state index in [1.54, 1.807) is 25.0 Å². The van der Waals surface area contributed by atoms with E-state index in [1.807, 2.05) is 36.4 Å². The number of hydrogen-bond acceptors (Lipinski definition) is 5. The highest BCUT2D eigenvalue weighted by Gasteiger charge is 2.24. The molecule has 7 nitrogen and oxygen atoms in total. The summed E-state index contributed by atoms with van der Waals surface area (Å²) < 4.78 is 5.40. The molecule has 2 amide bonds. The number of halogens is 2. The molecule has 2 aromatic rings. The fourth-order valence-electron chi connectivity index (χ4n) is 4.11. The van der Waals surface area contributed by atoms with Crippen LogP contribution in [0.2, 0.25) is 10.0 Å². The van der Waals surface area contributed by atoms with Gasteiger partial charge in [-0.15, -0.1) is 0 Å². The lowest BCUT2D eigenvalue weighted by Gasteiger charge is -2.32. The van der Waals surface area contributed by atoms with Crippen LogP contribution < -0.4 is 10.1 Å². The molecule has 2 N–H and O–H groups in total. The average Bonchev–Trinajstić information content (AvgIpc) is 2.86. The summed E-state index contributed by atoms with van der Waals surface area (Å²) in [7, 11) is 1.61. The topological polar surface area (TPSA) is 95.9 Å². The summed E-state index contributed by atoms with van der Waals surface area (Å²) in [4.78, 5) is 39.3. The van der Waals surface area contributed by atoms with Crippen molar-refractivity contribution in [1.82, 2.24) is 10.2 Å². The molecule has 10 heteroatoms. The number of carboxylic acids is 1. The van der Waals surface area contributed by atoms with Crippen molar-refractivity contribution in [2.45, 2.75) is 48.4 Å². The number of carbonyl (C=O) groups excluding carboxylic acids is 2. The Balaban J connectivity index is 1.60. The van der Waals surface area contributed by atoms with Gasteiger partial charge in [-0.1, -0.05) is 60.1 Å². The molecule has 0 radical (unpaired) electrons. The first-order valence-corrected chi connectivity index (χ1v) is 13.5. The van der Waals surface area contributed by atoms with Gasteiger partial charge in [-0.2, -0.15) is 0 Å². The van der Waals surface area contributed by atoms with E-state index in [9.17, 15) is 14.4 Å². The fourth-order valence-corrected chi connectivity index (χ4v) is 5.65. The fraction of sp³-hybridized carbons (Fsp3) is 0.370. The molecule has 1 heterocycles. The number of carbonyl (C=O) groups is 3. The Kier molecular flexibility index (Phi) is 10.7. The molecule has 0 bridgehead atoms. The Bertz CT molecular complexity index is 1170. The zero-order valence-corrected chi connectivity index (χ0v) is 23.0. The number of nitrogens with one attached hydrogen (secondary N) is 1. The number of methoxy groups -OCH3 is 1. The molecular formula is C27H30Cl2N2O5S. The standard InChI is InChI=1S/C27H30Cl2N2O5S/c1-17(15-25(34)35)14-23(32)30-19-6-5-13-31(16-19)24(33)12-10-18-9-11-22(27(29)26(18)28)37-21-8-4-3-7-20(21)36-2/h3-4,7-12,17,19H,5-6,13-16H2,1-2H3,(H,30,32)(H,34,35). The Hall–Kier alpha value is -2.68. The van der Waals surface area contributed by atoms with E-state index in [0.717, 1.165) is 28.4 Å². The van der Waals surface area contributed by atoms with Gasteiger partial charge in [-0.05, 0) is 48.6 Å². The van der Waals surface area contributed by atoms with Crippen molar-refractivity contribution >= 4 is 58.8 Å². The Morgan fingerprint density at radius 2 is 1.92 bits per heavy atom. The molecule has 2 aromatic carbocycles. The van der Waals surface area contributed by atoms with Crippen LogP contribution in [0.25, 0.3) is 6.08 Å². The largest absolute Gasteiger partial charge is 0.496 e. The van der Waals surface area contributed by atoms with E-state index in [-0.39, 0.29) is 36.6 Å². The third-order valence-corrected chi connectivity index (χ3v) is 8.05. The number of amides is 2. The summed E-state index contributed by atoms with van der Waals surface area (Å²) in [6.07, 6.45) is 4.71. The number of hydrogen-bond donors (Lipinski definition) is 2. The molecule has 1 saturated heterocycles. The SMILES string of the molecule is COc1ccccc1Sc1ccc(C=CC(=O)N2CCCC(NC(=O)CC(C)CC(=O)O)C2)c(Cl)c1Cl. The van der Waals surface area contributed by atoms with Gasteiger partial charge in [0.25, 0.3) is 0 Å². The highest BCUT2D eigenvalue weighted by Crippen LogP contribution is 2.42. The molecule has 0 spiro atoms. The molecule has 198 valence electrons. The zero-order chi connectivity index (χ0) is 26.9. The Labute approximate surface area is 231 Å². The summed E-state index contributed by atoms with van der Waals surface area (Å²) in [5, 5.41) is 12.5. The highest BCUT2D eigenvalue weighted by atomic mass is 35.5. The maximum absolute atomic E-state index is 12.8. The van der Waals surface area contributed by atoms with Crippen LogP contribution in [0.5, 0.6) is 5.75 Å². The van der Waals surface area contributed by atoms with E-state index in [2.05, 4.69) is 5.32 Å². The van der Waals surface area contributed by atoms with Crippen molar-refractivity contribution in [3.8, 4) is 5.75 Å². The average molecular weight is 566 g/mol. The van der Waals surface area contributed by atoms with Crippen LogP contribution in [0, 0.1) is 5.92 Å². The van der Waals surface area contributed by atoms with Crippen molar-refractivity contribution in [3.05, 3.63) is 58.1 Å². The lowest BCUT2D eigenvalue weighted by atomic mass is 10.0. The Morgan fingerprint density at radius 1 is 1.16 bits per heavy atom. The second kappa shape index (κ2) is 13.7. The summed E-state index contributed by atoms with van der Waals surface area (Å²) in [6, 6.07) is 11.1. The first kappa shape index (κ1) is 28.9. The smallest absolute Gasteiger partial charge is 0.303 e. The van der Waals surface area contributed by atoms with E-state index < -0.39 is 5.97 Å². The predicted molar refractivity (Wildman–Crippen MR) is 146 cm³/mol. The van der Waals surface area contributed by atoms with Gasteiger partial charge < -0.3 is 20.1 Å². The quantitative estimate of drug-likeness (QED) is 0.355. The number of aliphatic carboxylic acids is 1. The van der Waals surface area contributed by atoms with Gasteiger partial charge in [-0.25, -0.2) is 0 Å². The van der Waals surface area contributed by atoms with Gasteiger partial charge in [0.05, 0.1) is 22.1 Å². The molecule has 3 rings (SSSR count). The van der Waals surface area contributed by atoms with Crippen LogP contribution >= 0.6 is 35.0 Å². The first-order valence-electron chi connectivity index (χ1n) is 11.9. The molecule has 1 aliphatic rings. The number of nitrogens with zero attached hydrogens (tertiary/aromatic N) is 1. The number of likely N-dealkylation sites (tertiary alicyclic amines) is 1. The third kappa shape index (κ3) is 8.42. The number of ether oxygens (including phenoxy) is 1. The second-order valence-corrected chi connectivity index (χ2v) is 10.8. The molecule has 0 saturated carbocycles. The molecule has 1 fully saturated rings. The Morgan fingerprint density at radius 3 is 2.65 bits per heavy atom. The van der Waals surface area contributed by atoms with E-state index in [4.69, 9.17) is 33.0 Å². The van der Waals surface area contributed by atoms with Crippen LogP contribution in [0.15, 0.2) is 52.3 Å². The van der Waals surface area contributed by atoms with E-state index in [0.29, 0.717) is 28.7 Å². The summed E-state index contributed by atoms with van der Waals surface area (Å²) >= 11 is 14.5. The van der Waals surface area contributed by atoms with E-state index in [1.165, 1.54) is 17.8 Å². The summed E-state index contributed by atoms with van der Waals surface area (Å²) in [6.45, 7) is 2.72. The van der Waals surface area contributed by atoms with Gasteiger partial charge in [0.2, 0.25) is 11.8 Å². The summed E-state index contributed by atoms with van der Waals surface area (Å²) in [5.74, 6) is -0.820. The van der Waals surface area contributed by atoms with Crippen LogP contribution in [0.3, 0.4) is 0 Å². The number of para-hydroxylation sites is 1. The monoisotopic (exact) mass is 564 g/mol. The van der Waals surface area contributed by atoms with Gasteiger partial charge in [0.15, 0.2) is 0 Å². The summed E-state index contributed by atoms with van der Waals surface area (Å²) in [5.41, 5.74) is 0.624. The lowest BCUT2D eigenvalue weighted by molar-refractivity contribution is -0.138. The molecule has 0 aromatic heterocycles. The normalized spacial score (nSPS) is 16.4. The van der Waals surface area contributed by atoms with Crippen molar-refractivity contribution in [2.75, 3.05) is 20.2 Å². The first-order chi connectivity index (χ1) is 17.7. The van der Waals surface area contributed by atoms with Crippen LogP contribution in [0.4, 0.5) is 0 Å². The number of piperidine rings is 1. The number of benzene rings is 2. The van der Waals surface area contributed by atoms with Crippen molar-refractivity contribution < 1.29 is 24.2 Å². The molecule has 0 aliphatic carbocycles. The highest BCUT2D eigenvalue weighted by molar-refractivity contribution is 7.99. The minimum Gasteiger partial charge on any atom is -0.496 e. The van der Waals surface area contributed by atoms with E-state index >= 15 is 0 Å². The molecule has 2 unspecified atom stereocenters. The van der Waals surface area contributed by atoms with Crippen molar-refractivity contribution in [1.29, 1.82) is 0 Å². The molecule has 2 atom stereocenters. The third-order valence-electron chi connectivity index (χ3n) is 5.93. The van der Waals surface area contributed by atoms with Gasteiger partial charge in [0.1, 0.15) is 5.75 Å². The van der Waals surface area contributed by atoms with Crippen molar-refractivity contribution in [3.63, 3.8) is 0 Å². The van der Waals surface area contributed by atoms with Gasteiger partial charge >= 0.3 is 5.97 Å². The zero-order valence-electron chi connectivity index (χ0n) is 20.7. The molecule has 1 aliphatic heterocycles. The van der Waals surface area contributed by atoms with Crippen molar-refractivity contribution in [2.24, 2.45) is 5.92 Å². The molecule has 37 heavy (non-hydrogen) atoms. The van der Waals surface area contributed by atoms with Crippen LogP contribution in [-0.2, 0) is 14.4 Å². The van der Waals surface area contributed by atoms with Crippen LogP contribution in [0.1, 0.15) is 38.2 Å². The second-order valence-electron chi connectivity index (χ2n) is 8.97. The number of carboxylic acid groups (broad SMARTS) is 1. The lowest BCUT2D eigenvalue weighted by Crippen LogP contribution is -2.49. The maximum Gasteiger partial charge on any atom is 0.303 e. The number of rotatable bonds is 10.